The minimum Gasteiger partial charge on any atom is -0.444 e. The Bertz CT molecular complexity index is 1870. The first-order valence-corrected chi connectivity index (χ1v) is 19.7. The van der Waals surface area contributed by atoms with E-state index in [1.165, 1.54) is 28.9 Å². The third-order valence-corrected chi connectivity index (χ3v) is 9.10. The Kier molecular flexibility index (Phi) is 16.4. The number of ether oxygens (including phenoxy) is 7. The van der Waals surface area contributed by atoms with Crippen LogP contribution in [0.25, 0.3) is 0 Å². The summed E-state index contributed by atoms with van der Waals surface area (Å²) in [7, 11) is 9.55. The molecule has 2 aromatic heterocycles. The third kappa shape index (κ3) is 13.2. The Morgan fingerprint density at radius 2 is 1.22 bits per heavy atom. The molecule has 0 saturated heterocycles. The highest BCUT2D eigenvalue weighted by atomic mass is 16.7. The molecule has 2 aliphatic heterocycles. The van der Waals surface area contributed by atoms with Crippen LogP contribution in [0, 0.1) is 0 Å². The molecule has 16 heteroatoms. The Morgan fingerprint density at radius 3 is 1.73 bits per heavy atom. The lowest BCUT2D eigenvalue weighted by atomic mass is 10.0. The van der Waals surface area contributed by atoms with Gasteiger partial charge in [0.05, 0.1) is 13.1 Å². The normalized spacial score (nSPS) is 13.7. The topological polar surface area (TPSA) is 163 Å². The summed E-state index contributed by atoms with van der Waals surface area (Å²) in [4.78, 5) is 51.8. The predicted molar refractivity (Wildman–Crippen MR) is 222 cm³/mol. The van der Waals surface area contributed by atoms with Gasteiger partial charge in [0.25, 0.3) is 0 Å². The number of anilines is 2. The number of fused-ring (bicyclic) bond motifs is 2. The van der Waals surface area contributed by atoms with E-state index in [-0.39, 0.29) is 12.6 Å². The number of aryl methyl sites for hydroxylation is 2. The van der Waals surface area contributed by atoms with Gasteiger partial charge in [0.1, 0.15) is 40.0 Å². The van der Waals surface area contributed by atoms with Gasteiger partial charge >= 0.3 is 18.3 Å². The molecule has 2 aliphatic rings. The Hall–Kier alpha value is -5.03. The summed E-state index contributed by atoms with van der Waals surface area (Å²) in [5.41, 5.74) is 3.69. The van der Waals surface area contributed by atoms with E-state index in [9.17, 15) is 14.4 Å². The number of aromatic nitrogens is 2. The molecule has 0 atom stereocenters. The largest absolute Gasteiger partial charge is 0.444 e. The van der Waals surface area contributed by atoms with E-state index in [4.69, 9.17) is 43.1 Å². The van der Waals surface area contributed by atoms with Crippen molar-refractivity contribution in [1.82, 2.24) is 19.8 Å². The number of hydrogen-bond acceptors (Lipinski definition) is 13. The van der Waals surface area contributed by atoms with Crippen molar-refractivity contribution in [3.63, 3.8) is 0 Å². The standard InChI is InChI=1S/C25H33N3O6.C18H29N3O4/c1-25(2,3)34-23(29)27(4)16-18-15-17-11-10-14-28(21(17)26-20(18)22(31-5)32-6)24(30)33-19-12-8-7-9-13-19;1-18(2,3)25-17(22)21(4)11-13-10-12-8-7-9-19-15(12)20-14(13)16(23-5)24-6/h7-9,12-13,15,22H,10-11,14,16H2,1-6H3;10,16H,7-9,11H2,1-6H3,(H,19,20). The maximum absolute atomic E-state index is 13.0. The number of para-hydroxylation sites is 1. The van der Waals surface area contributed by atoms with Gasteiger partial charge in [-0.1, -0.05) is 18.2 Å². The number of carbonyl (C=O) groups is 3. The number of hydrogen-bond donors (Lipinski definition) is 1. The molecule has 4 heterocycles. The number of nitrogens with zero attached hydrogens (tertiary/aromatic N) is 5. The molecule has 0 fully saturated rings. The van der Waals surface area contributed by atoms with Crippen molar-refractivity contribution in [2.75, 3.05) is 65.8 Å². The average Bonchev–Trinajstić information content (AvgIpc) is 3.18. The van der Waals surface area contributed by atoms with Crippen molar-refractivity contribution >= 4 is 29.9 Å². The average molecular weight is 823 g/mol. The maximum Gasteiger partial charge on any atom is 0.420 e. The second-order valence-corrected chi connectivity index (χ2v) is 16.3. The van der Waals surface area contributed by atoms with Gasteiger partial charge in [-0.05, 0) is 114 Å². The van der Waals surface area contributed by atoms with Crippen LogP contribution in [0.1, 0.15) is 101 Å². The first-order valence-electron chi connectivity index (χ1n) is 19.7. The summed E-state index contributed by atoms with van der Waals surface area (Å²) in [5, 5.41) is 3.31. The molecule has 3 amide bonds. The minimum absolute atomic E-state index is 0.238. The van der Waals surface area contributed by atoms with Crippen molar-refractivity contribution in [2.45, 2.75) is 104 Å². The number of benzene rings is 1. The highest BCUT2D eigenvalue weighted by Gasteiger charge is 2.31. The smallest absolute Gasteiger partial charge is 0.420 e. The zero-order chi connectivity index (χ0) is 43.5. The molecule has 3 aromatic rings. The number of amides is 3. The Labute approximate surface area is 348 Å². The number of methoxy groups -OCH3 is 4. The second kappa shape index (κ2) is 20.8. The lowest BCUT2D eigenvalue weighted by Gasteiger charge is -2.30. The molecular weight excluding hydrogens is 761 g/mol. The molecule has 5 rings (SSSR count). The van der Waals surface area contributed by atoms with E-state index in [0.29, 0.717) is 36.0 Å². The third-order valence-electron chi connectivity index (χ3n) is 9.10. The van der Waals surface area contributed by atoms with Crippen LogP contribution in [-0.2, 0) is 54.4 Å². The SMILES string of the molecule is COC(OC)c1nc2c(cc1CN(C)C(=O)OC(C)(C)C)CCCN2.COC(OC)c1nc2c(cc1CN(C)C(=O)OC(C)(C)C)CCCN2C(=O)Oc1ccccc1. The predicted octanol–water partition coefficient (Wildman–Crippen LogP) is 7.79. The molecule has 0 radical (unpaired) electrons. The van der Waals surface area contributed by atoms with Crippen LogP contribution in [0.5, 0.6) is 5.75 Å². The second-order valence-electron chi connectivity index (χ2n) is 16.3. The number of carbonyl (C=O) groups excluding carboxylic acids is 3. The van der Waals surface area contributed by atoms with Crippen molar-refractivity contribution in [3.05, 3.63) is 76.1 Å². The van der Waals surface area contributed by atoms with Crippen molar-refractivity contribution < 1.29 is 47.5 Å². The van der Waals surface area contributed by atoms with Crippen LogP contribution in [0.15, 0.2) is 42.5 Å². The summed E-state index contributed by atoms with van der Waals surface area (Å²) in [6, 6.07) is 12.9. The summed E-state index contributed by atoms with van der Waals surface area (Å²) in [5.74, 6) is 1.83. The molecule has 0 aliphatic carbocycles. The van der Waals surface area contributed by atoms with Crippen LogP contribution in [0.3, 0.4) is 0 Å². The van der Waals surface area contributed by atoms with E-state index < -0.39 is 36.0 Å². The van der Waals surface area contributed by atoms with Gasteiger partial charge in [0, 0.05) is 55.6 Å². The van der Waals surface area contributed by atoms with E-state index >= 15 is 0 Å². The van der Waals surface area contributed by atoms with Gasteiger partial charge in [-0.15, -0.1) is 0 Å². The van der Waals surface area contributed by atoms with Gasteiger partial charge in [-0.25, -0.2) is 24.4 Å². The lowest BCUT2D eigenvalue weighted by Crippen LogP contribution is -2.39. The van der Waals surface area contributed by atoms with E-state index in [2.05, 4.69) is 11.4 Å². The van der Waals surface area contributed by atoms with Crippen molar-refractivity contribution in [2.24, 2.45) is 0 Å². The van der Waals surface area contributed by atoms with Crippen LogP contribution in [-0.4, -0.2) is 105 Å². The zero-order valence-corrected chi connectivity index (χ0v) is 36.7. The molecule has 0 saturated carbocycles. The van der Waals surface area contributed by atoms with Gasteiger partial charge < -0.3 is 48.3 Å². The molecule has 1 N–H and O–H groups in total. The molecule has 16 nitrogen and oxygen atoms in total. The molecule has 0 bridgehead atoms. The van der Waals surface area contributed by atoms with Gasteiger partial charge in [0.2, 0.25) is 12.6 Å². The van der Waals surface area contributed by atoms with E-state index in [0.717, 1.165) is 60.3 Å². The van der Waals surface area contributed by atoms with Gasteiger partial charge in [0.15, 0.2) is 0 Å². The van der Waals surface area contributed by atoms with Crippen molar-refractivity contribution in [1.29, 1.82) is 0 Å². The Morgan fingerprint density at radius 1 is 0.729 bits per heavy atom. The molecule has 0 unspecified atom stereocenters. The molecule has 59 heavy (non-hydrogen) atoms. The van der Waals surface area contributed by atoms with Crippen LogP contribution in [0.2, 0.25) is 0 Å². The van der Waals surface area contributed by atoms with E-state index in [1.54, 1.807) is 52.6 Å². The zero-order valence-electron chi connectivity index (χ0n) is 36.7. The fourth-order valence-corrected chi connectivity index (χ4v) is 6.45. The van der Waals surface area contributed by atoms with Crippen LogP contribution < -0.4 is 15.0 Å². The minimum atomic E-state index is -0.777. The van der Waals surface area contributed by atoms with Crippen LogP contribution >= 0.6 is 0 Å². The summed E-state index contributed by atoms with van der Waals surface area (Å²) in [6.07, 6.45) is 0.837. The van der Waals surface area contributed by atoms with Gasteiger partial charge in [-0.3, -0.25) is 4.90 Å². The monoisotopic (exact) mass is 822 g/mol. The maximum atomic E-state index is 13.0. The first-order chi connectivity index (χ1) is 27.9. The molecule has 0 spiro atoms. The van der Waals surface area contributed by atoms with Gasteiger partial charge in [-0.2, -0.15) is 0 Å². The highest BCUT2D eigenvalue weighted by Crippen LogP contribution is 2.33. The molecular formula is C43H62N6O10. The summed E-state index contributed by atoms with van der Waals surface area (Å²) < 4.78 is 38.2. The highest BCUT2D eigenvalue weighted by molar-refractivity contribution is 5.89. The van der Waals surface area contributed by atoms with Crippen molar-refractivity contribution in [3.8, 4) is 5.75 Å². The summed E-state index contributed by atoms with van der Waals surface area (Å²) >= 11 is 0. The molecule has 1 aromatic carbocycles. The number of pyridine rings is 2. The number of rotatable bonds is 11. The van der Waals surface area contributed by atoms with E-state index in [1.807, 2.05) is 53.7 Å². The molecule has 324 valence electrons. The summed E-state index contributed by atoms with van der Waals surface area (Å²) in [6.45, 7) is 13.0. The Balaban J connectivity index is 0.000000273. The number of nitrogens with one attached hydrogen (secondary N) is 1. The fraction of sp³-hybridized carbons (Fsp3) is 0.558. The van der Waals surface area contributed by atoms with Crippen LogP contribution in [0.4, 0.5) is 26.0 Å². The first kappa shape index (κ1) is 46.7. The lowest BCUT2D eigenvalue weighted by molar-refractivity contribution is -0.109. The fourth-order valence-electron chi connectivity index (χ4n) is 6.45. The quantitative estimate of drug-likeness (QED) is 0.187.